The summed E-state index contributed by atoms with van der Waals surface area (Å²) in [5.41, 5.74) is 5.23. The Balaban J connectivity index is 2.13. The maximum absolute atomic E-state index is 12.0. The highest BCUT2D eigenvalue weighted by Crippen LogP contribution is 2.20. The molecule has 0 aliphatic heterocycles. The largest absolute Gasteiger partial charge is 0.308 e. The van der Waals surface area contributed by atoms with E-state index in [0.717, 1.165) is 22.2 Å². The molecule has 0 atom stereocenters. The number of nitrogens with two attached hydrogens (primary N) is 1. The van der Waals surface area contributed by atoms with Crippen LogP contribution in [0.2, 0.25) is 0 Å². The van der Waals surface area contributed by atoms with Gasteiger partial charge in [0.2, 0.25) is 0 Å². The highest BCUT2D eigenvalue weighted by Gasteiger charge is 2.08. The quantitative estimate of drug-likeness (QED) is 0.569. The summed E-state index contributed by atoms with van der Waals surface area (Å²) >= 11 is 0. The van der Waals surface area contributed by atoms with Crippen LogP contribution in [0.4, 0.5) is 5.82 Å². The number of rotatable bonds is 3. The molecule has 0 saturated carbocycles. The molecule has 5 nitrogen and oxygen atoms in total. The minimum Gasteiger partial charge on any atom is -0.308 e. The van der Waals surface area contributed by atoms with Crippen LogP contribution in [0.5, 0.6) is 0 Å². The lowest BCUT2D eigenvalue weighted by molar-refractivity contribution is 0.729. The third kappa shape index (κ3) is 2.51. The zero-order valence-corrected chi connectivity index (χ0v) is 11.7. The molecule has 0 bridgehead atoms. The molecule has 0 radical (unpaired) electrons. The molecule has 1 aromatic carbocycles. The Morgan fingerprint density at radius 1 is 1.19 bits per heavy atom. The van der Waals surface area contributed by atoms with Crippen molar-refractivity contribution < 1.29 is 0 Å². The van der Waals surface area contributed by atoms with E-state index in [1.165, 1.54) is 0 Å². The van der Waals surface area contributed by atoms with Crippen molar-refractivity contribution in [1.82, 2.24) is 9.55 Å². The molecule has 0 spiro atoms. The standard InChI is InChI=1S/C16H16N4O/c1-11-5-4-8-15(21)20(11)10-13-9-12-6-2-3-7-14(12)18-16(13)19-17/h2-9H,10,17H2,1H3,(H,18,19). The Morgan fingerprint density at radius 3 is 2.76 bits per heavy atom. The first-order chi connectivity index (χ1) is 10.2. The number of aryl methyl sites for hydroxylation is 1. The number of hydrazine groups is 1. The van der Waals surface area contributed by atoms with Crippen LogP contribution in [0.15, 0.2) is 53.3 Å². The van der Waals surface area contributed by atoms with Crippen molar-refractivity contribution in [1.29, 1.82) is 0 Å². The van der Waals surface area contributed by atoms with Crippen LogP contribution in [-0.2, 0) is 6.54 Å². The second kappa shape index (κ2) is 5.38. The monoisotopic (exact) mass is 280 g/mol. The predicted octanol–water partition coefficient (Wildman–Crippen LogP) is 2.04. The Bertz CT molecular complexity index is 854. The molecule has 2 aromatic heterocycles. The van der Waals surface area contributed by atoms with Gasteiger partial charge in [-0.05, 0) is 25.1 Å². The third-order valence-corrected chi connectivity index (χ3v) is 3.54. The van der Waals surface area contributed by atoms with Gasteiger partial charge in [-0.2, -0.15) is 0 Å². The summed E-state index contributed by atoms with van der Waals surface area (Å²) in [6, 6.07) is 15.0. The number of nitrogens with one attached hydrogen (secondary N) is 1. The topological polar surface area (TPSA) is 72.9 Å². The van der Waals surface area contributed by atoms with Gasteiger partial charge in [0.15, 0.2) is 0 Å². The van der Waals surface area contributed by atoms with Gasteiger partial charge in [0.1, 0.15) is 5.82 Å². The van der Waals surface area contributed by atoms with Gasteiger partial charge in [-0.3, -0.25) is 4.79 Å². The van der Waals surface area contributed by atoms with E-state index in [0.29, 0.717) is 12.4 Å². The van der Waals surface area contributed by atoms with Gasteiger partial charge in [0.05, 0.1) is 12.1 Å². The molecule has 5 heteroatoms. The van der Waals surface area contributed by atoms with Crippen LogP contribution in [0.3, 0.4) is 0 Å². The normalized spacial score (nSPS) is 10.8. The van der Waals surface area contributed by atoms with Crippen LogP contribution in [0.25, 0.3) is 10.9 Å². The number of nitrogens with zero attached hydrogens (tertiary/aromatic N) is 2. The van der Waals surface area contributed by atoms with E-state index < -0.39 is 0 Å². The molecule has 2 heterocycles. The number of anilines is 1. The van der Waals surface area contributed by atoms with E-state index in [1.807, 2.05) is 43.3 Å². The van der Waals surface area contributed by atoms with E-state index in [9.17, 15) is 4.79 Å². The summed E-state index contributed by atoms with van der Waals surface area (Å²) in [6.45, 7) is 2.34. The minimum absolute atomic E-state index is 0.0360. The van der Waals surface area contributed by atoms with Gasteiger partial charge in [0, 0.05) is 22.7 Å². The Hall–Kier alpha value is -2.66. The lowest BCUT2D eigenvalue weighted by atomic mass is 10.1. The average Bonchev–Trinajstić information content (AvgIpc) is 2.50. The summed E-state index contributed by atoms with van der Waals surface area (Å²) in [7, 11) is 0. The number of fused-ring (bicyclic) bond motifs is 1. The molecule has 0 amide bonds. The third-order valence-electron chi connectivity index (χ3n) is 3.54. The summed E-state index contributed by atoms with van der Waals surface area (Å²) in [6.07, 6.45) is 0. The van der Waals surface area contributed by atoms with Crippen LogP contribution in [0.1, 0.15) is 11.3 Å². The first-order valence-corrected chi connectivity index (χ1v) is 6.71. The van der Waals surface area contributed by atoms with Crippen molar-refractivity contribution in [2.24, 2.45) is 5.84 Å². The van der Waals surface area contributed by atoms with Crippen molar-refractivity contribution in [2.75, 3.05) is 5.43 Å². The maximum Gasteiger partial charge on any atom is 0.251 e. The van der Waals surface area contributed by atoms with E-state index in [-0.39, 0.29) is 5.56 Å². The highest BCUT2D eigenvalue weighted by molar-refractivity contribution is 5.81. The van der Waals surface area contributed by atoms with E-state index in [4.69, 9.17) is 5.84 Å². The van der Waals surface area contributed by atoms with Gasteiger partial charge in [0.25, 0.3) is 5.56 Å². The number of benzene rings is 1. The Kier molecular flexibility index (Phi) is 3.41. The smallest absolute Gasteiger partial charge is 0.251 e. The average molecular weight is 280 g/mol. The molecule has 21 heavy (non-hydrogen) atoms. The lowest BCUT2D eigenvalue weighted by Crippen LogP contribution is -2.23. The molecule has 3 rings (SSSR count). The molecule has 0 saturated heterocycles. The van der Waals surface area contributed by atoms with Crippen LogP contribution in [-0.4, -0.2) is 9.55 Å². The van der Waals surface area contributed by atoms with Crippen molar-refractivity contribution in [3.8, 4) is 0 Å². The fourth-order valence-corrected chi connectivity index (χ4v) is 2.40. The summed E-state index contributed by atoms with van der Waals surface area (Å²) < 4.78 is 1.70. The Morgan fingerprint density at radius 2 is 2.00 bits per heavy atom. The zero-order valence-electron chi connectivity index (χ0n) is 11.7. The fraction of sp³-hybridized carbons (Fsp3) is 0.125. The number of pyridine rings is 2. The summed E-state index contributed by atoms with van der Waals surface area (Å²) in [5, 5.41) is 1.02. The van der Waals surface area contributed by atoms with E-state index >= 15 is 0 Å². The van der Waals surface area contributed by atoms with E-state index in [2.05, 4.69) is 10.4 Å². The Labute approximate surface area is 122 Å². The predicted molar refractivity (Wildman–Crippen MR) is 84.1 cm³/mol. The zero-order chi connectivity index (χ0) is 14.8. The number of para-hydroxylation sites is 1. The van der Waals surface area contributed by atoms with Crippen molar-refractivity contribution in [2.45, 2.75) is 13.5 Å². The number of hydrogen-bond acceptors (Lipinski definition) is 4. The molecular weight excluding hydrogens is 264 g/mol. The summed E-state index contributed by atoms with van der Waals surface area (Å²) in [4.78, 5) is 16.5. The second-order valence-corrected chi connectivity index (χ2v) is 4.92. The van der Waals surface area contributed by atoms with Crippen molar-refractivity contribution >= 4 is 16.7 Å². The van der Waals surface area contributed by atoms with Crippen LogP contribution in [0, 0.1) is 6.92 Å². The maximum atomic E-state index is 12.0. The van der Waals surface area contributed by atoms with Crippen molar-refractivity contribution in [3.05, 3.63) is 70.1 Å². The van der Waals surface area contributed by atoms with Crippen LogP contribution >= 0.6 is 0 Å². The molecule has 3 N–H and O–H groups in total. The minimum atomic E-state index is -0.0360. The van der Waals surface area contributed by atoms with Gasteiger partial charge in [-0.25, -0.2) is 10.8 Å². The summed E-state index contributed by atoms with van der Waals surface area (Å²) in [5.74, 6) is 6.16. The fourth-order valence-electron chi connectivity index (χ4n) is 2.40. The second-order valence-electron chi connectivity index (χ2n) is 4.92. The van der Waals surface area contributed by atoms with Gasteiger partial charge >= 0.3 is 0 Å². The van der Waals surface area contributed by atoms with Gasteiger partial charge in [-0.1, -0.05) is 24.3 Å². The number of aromatic nitrogens is 2. The first kappa shape index (κ1) is 13.3. The van der Waals surface area contributed by atoms with E-state index in [1.54, 1.807) is 16.7 Å². The number of hydrogen-bond donors (Lipinski definition) is 2. The molecule has 0 unspecified atom stereocenters. The van der Waals surface area contributed by atoms with Gasteiger partial charge < -0.3 is 9.99 Å². The SMILES string of the molecule is Cc1cccc(=O)n1Cc1cc2ccccc2nc1NN. The molecule has 0 aliphatic rings. The van der Waals surface area contributed by atoms with Crippen LogP contribution < -0.4 is 16.8 Å². The van der Waals surface area contributed by atoms with Gasteiger partial charge in [-0.15, -0.1) is 0 Å². The molecular formula is C16H16N4O. The lowest BCUT2D eigenvalue weighted by Gasteiger charge is -2.13. The molecule has 3 aromatic rings. The highest BCUT2D eigenvalue weighted by atomic mass is 16.1. The molecule has 106 valence electrons. The van der Waals surface area contributed by atoms with Crippen molar-refractivity contribution in [3.63, 3.8) is 0 Å². The number of nitrogen functional groups attached to an aromatic ring is 1. The molecule has 0 fully saturated rings. The first-order valence-electron chi connectivity index (χ1n) is 6.71. The molecule has 0 aliphatic carbocycles.